The lowest BCUT2D eigenvalue weighted by molar-refractivity contribution is -0.114. The third-order valence-corrected chi connectivity index (χ3v) is 6.15. The third kappa shape index (κ3) is 4.09. The first-order valence-corrected chi connectivity index (χ1v) is 10.2. The average molecular weight is 359 g/mol. The van der Waals surface area contributed by atoms with Crippen LogP contribution in [0.1, 0.15) is 35.2 Å². The van der Waals surface area contributed by atoms with E-state index in [1.165, 1.54) is 30.4 Å². The van der Waals surface area contributed by atoms with Gasteiger partial charge in [-0.1, -0.05) is 6.58 Å². The van der Waals surface area contributed by atoms with Crippen molar-refractivity contribution in [2.75, 3.05) is 36.5 Å². The van der Waals surface area contributed by atoms with E-state index in [4.69, 9.17) is 0 Å². The Morgan fingerprint density at radius 3 is 2.84 bits per heavy atom. The number of thioether (sulfide) groups is 1. The molecule has 0 atom stereocenters. The fourth-order valence-electron chi connectivity index (χ4n) is 3.69. The van der Waals surface area contributed by atoms with Crippen molar-refractivity contribution in [3.8, 4) is 0 Å². The van der Waals surface area contributed by atoms with E-state index in [1.807, 2.05) is 41.9 Å². The highest BCUT2D eigenvalue weighted by Crippen LogP contribution is 2.29. The van der Waals surface area contributed by atoms with E-state index < -0.39 is 0 Å². The second-order valence-corrected chi connectivity index (χ2v) is 8.11. The number of hydrogen-bond acceptors (Lipinski definition) is 3. The van der Waals surface area contributed by atoms with Gasteiger partial charge in [-0.15, -0.1) is 0 Å². The van der Waals surface area contributed by atoms with Gasteiger partial charge in [0.1, 0.15) is 0 Å². The van der Waals surface area contributed by atoms with Crippen molar-refractivity contribution in [1.29, 1.82) is 0 Å². The van der Waals surface area contributed by atoms with Gasteiger partial charge in [-0.2, -0.15) is 11.8 Å². The number of fused-ring (bicyclic) bond motifs is 1. The molecule has 2 aliphatic heterocycles. The predicted molar refractivity (Wildman–Crippen MR) is 104 cm³/mol. The minimum Gasteiger partial charge on any atom is -0.341 e. The molecule has 1 fully saturated rings. The summed E-state index contributed by atoms with van der Waals surface area (Å²) in [5.74, 6) is 3.03. The largest absolute Gasteiger partial charge is 0.341 e. The normalized spacial score (nSPS) is 17.7. The van der Waals surface area contributed by atoms with E-state index in [1.54, 1.807) is 4.90 Å². The fraction of sp³-hybridized carbons (Fsp3) is 0.500. The molecule has 1 saturated heterocycles. The molecule has 5 heteroatoms. The van der Waals surface area contributed by atoms with Crippen LogP contribution in [-0.2, 0) is 11.2 Å². The van der Waals surface area contributed by atoms with E-state index in [-0.39, 0.29) is 11.8 Å². The molecule has 0 radical (unpaired) electrons. The van der Waals surface area contributed by atoms with Crippen molar-refractivity contribution in [3.63, 3.8) is 0 Å². The predicted octanol–water partition coefficient (Wildman–Crippen LogP) is 3.37. The van der Waals surface area contributed by atoms with Crippen molar-refractivity contribution in [3.05, 3.63) is 42.0 Å². The van der Waals surface area contributed by atoms with E-state index in [0.29, 0.717) is 12.5 Å². The number of aryl methyl sites for hydroxylation is 1. The maximum Gasteiger partial charge on any atom is 0.253 e. The summed E-state index contributed by atoms with van der Waals surface area (Å²) in [6.45, 7) is 5.12. The van der Waals surface area contributed by atoms with Gasteiger partial charge < -0.3 is 9.80 Å². The van der Waals surface area contributed by atoms with Crippen LogP contribution in [0.25, 0.3) is 0 Å². The van der Waals surface area contributed by atoms with E-state index in [0.717, 1.165) is 36.2 Å². The molecule has 0 spiro atoms. The van der Waals surface area contributed by atoms with Gasteiger partial charge in [-0.3, -0.25) is 9.59 Å². The zero-order valence-corrected chi connectivity index (χ0v) is 15.7. The maximum atomic E-state index is 12.8. The molecule has 0 N–H and O–H groups in total. The number of anilines is 1. The van der Waals surface area contributed by atoms with Gasteiger partial charge in [0.25, 0.3) is 5.91 Å². The van der Waals surface area contributed by atoms with Crippen LogP contribution in [0.2, 0.25) is 0 Å². The van der Waals surface area contributed by atoms with Crippen LogP contribution < -0.4 is 4.90 Å². The third-order valence-electron chi connectivity index (χ3n) is 5.11. The minimum atomic E-state index is -0.0766. The molecule has 2 aliphatic rings. The molecular formula is C20H26N2O2S. The summed E-state index contributed by atoms with van der Waals surface area (Å²) >= 11 is 2.01. The molecule has 25 heavy (non-hydrogen) atoms. The summed E-state index contributed by atoms with van der Waals surface area (Å²) in [5.41, 5.74) is 2.72. The fourth-order valence-corrected chi connectivity index (χ4v) is 4.89. The van der Waals surface area contributed by atoms with Crippen LogP contribution in [0, 0.1) is 5.92 Å². The van der Waals surface area contributed by atoms with Crippen molar-refractivity contribution >= 4 is 29.3 Å². The number of carbonyl (C=O) groups excluding carboxylic acids is 2. The Hall–Kier alpha value is -1.75. The molecule has 0 unspecified atom stereocenters. The number of amides is 2. The Bertz CT molecular complexity index is 668. The van der Waals surface area contributed by atoms with Gasteiger partial charge >= 0.3 is 0 Å². The lowest BCUT2D eigenvalue weighted by Crippen LogP contribution is -2.35. The number of carbonyl (C=O) groups is 2. The Kier molecular flexibility index (Phi) is 5.84. The second kappa shape index (κ2) is 8.09. The first kappa shape index (κ1) is 18.1. The lowest BCUT2D eigenvalue weighted by Gasteiger charge is -2.30. The minimum absolute atomic E-state index is 0.0766. The SMILES string of the molecule is C=CC(=O)N1CCCc2cc(C(=O)N(C)CC3CCSCC3)ccc21. The summed E-state index contributed by atoms with van der Waals surface area (Å²) in [6.07, 6.45) is 5.57. The summed E-state index contributed by atoms with van der Waals surface area (Å²) in [6, 6.07) is 5.73. The average Bonchev–Trinajstić information content (AvgIpc) is 2.66. The van der Waals surface area contributed by atoms with Gasteiger partial charge in [0, 0.05) is 31.4 Å². The van der Waals surface area contributed by atoms with Crippen molar-refractivity contribution < 1.29 is 9.59 Å². The number of rotatable bonds is 4. The zero-order valence-electron chi connectivity index (χ0n) is 14.9. The van der Waals surface area contributed by atoms with Gasteiger partial charge in [0.2, 0.25) is 5.91 Å². The highest BCUT2D eigenvalue weighted by Gasteiger charge is 2.24. The van der Waals surface area contributed by atoms with Gasteiger partial charge in [0.05, 0.1) is 0 Å². The molecule has 2 heterocycles. The van der Waals surface area contributed by atoms with E-state index in [9.17, 15) is 9.59 Å². The molecule has 2 amide bonds. The number of hydrogen-bond donors (Lipinski definition) is 0. The summed E-state index contributed by atoms with van der Waals surface area (Å²) in [5, 5.41) is 0. The molecule has 134 valence electrons. The standard InChI is InChI=1S/C20H26N2O2S/c1-3-19(23)22-10-4-5-16-13-17(6-7-18(16)22)20(24)21(2)14-15-8-11-25-12-9-15/h3,6-7,13,15H,1,4-5,8-12,14H2,2H3. The molecule has 0 saturated carbocycles. The lowest BCUT2D eigenvalue weighted by atomic mass is 9.98. The van der Waals surface area contributed by atoms with Crippen LogP contribution in [0.3, 0.4) is 0 Å². The first-order chi connectivity index (χ1) is 12.1. The number of benzene rings is 1. The van der Waals surface area contributed by atoms with Gasteiger partial charge in [-0.25, -0.2) is 0 Å². The van der Waals surface area contributed by atoms with Gasteiger partial charge in [0.15, 0.2) is 0 Å². The van der Waals surface area contributed by atoms with Crippen molar-refractivity contribution in [2.45, 2.75) is 25.7 Å². The Balaban J connectivity index is 1.73. The first-order valence-electron chi connectivity index (χ1n) is 9.00. The van der Waals surface area contributed by atoms with Crippen LogP contribution in [0.4, 0.5) is 5.69 Å². The highest BCUT2D eigenvalue weighted by atomic mass is 32.2. The summed E-state index contributed by atoms with van der Waals surface area (Å²) in [4.78, 5) is 28.4. The molecule has 0 aromatic heterocycles. The number of nitrogens with zero attached hydrogens (tertiary/aromatic N) is 2. The molecule has 4 nitrogen and oxygen atoms in total. The maximum absolute atomic E-state index is 12.8. The summed E-state index contributed by atoms with van der Waals surface area (Å²) < 4.78 is 0. The van der Waals surface area contributed by atoms with Crippen molar-refractivity contribution in [1.82, 2.24) is 4.90 Å². The van der Waals surface area contributed by atoms with Gasteiger partial charge in [-0.05, 0) is 72.9 Å². The Labute approximate surface area is 154 Å². The molecule has 3 rings (SSSR count). The molecule has 0 bridgehead atoms. The Morgan fingerprint density at radius 2 is 2.12 bits per heavy atom. The molecule has 1 aromatic rings. The highest BCUT2D eigenvalue weighted by molar-refractivity contribution is 7.99. The van der Waals surface area contributed by atoms with Crippen LogP contribution >= 0.6 is 11.8 Å². The quantitative estimate of drug-likeness (QED) is 0.775. The zero-order chi connectivity index (χ0) is 17.8. The molecule has 1 aromatic carbocycles. The second-order valence-electron chi connectivity index (χ2n) is 6.88. The van der Waals surface area contributed by atoms with Crippen LogP contribution in [0.15, 0.2) is 30.9 Å². The topological polar surface area (TPSA) is 40.6 Å². The summed E-state index contributed by atoms with van der Waals surface area (Å²) in [7, 11) is 1.90. The smallest absolute Gasteiger partial charge is 0.253 e. The van der Waals surface area contributed by atoms with Crippen LogP contribution in [0.5, 0.6) is 0 Å². The van der Waals surface area contributed by atoms with E-state index >= 15 is 0 Å². The molecule has 0 aliphatic carbocycles. The Morgan fingerprint density at radius 1 is 1.36 bits per heavy atom. The monoisotopic (exact) mass is 358 g/mol. The van der Waals surface area contributed by atoms with E-state index in [2.05, 4.69) is 6.58 Å². The van der Waals surface area contributed by atoms with Crippen LogP contribution in [-0.4, -0.2) is 48.4 Å². The molecular weight excluding hydrogens is 332 g/mol. The van der Waals surface area contributed by atoms with Crippen molar-refractivity contribution in [2.24, 2.45) is 5.92 Å².